The molecule has 0 saturated heterocycles. The minimum Gasteiger partial charge on any atom is -0.395 e. The molecule has 5 heteroatoms. The van der Waals surface area contributed by atoms with Gasteiger partial charge < -0.3 is 15.3 Å². The summed E-state index contributed by atoms with van der Waals surface area (Å²) in [5.41, 5.74) is 2.39. The number of aliphatic hydroxyl groups is 1. The normalized spacial score (nSPS) is 12.0. The lowest BCUT2D eigenvalue weighted by Crippen LogP contribution is -2.43. The topological polar surface area (TPSA) is 52.6 Å². The number of carbonyl (C=O) groups is 1. The van der Waals surface area contributed by atoms with Gasteiger partial charge in [0.2, 0.25) is 0 Å². The number of thiophene rings is 1. The molecule has 2 rings (SSSR count). The van der Waals surface area contributed by atoms with Gasteiger partial charge in [-0.2, -0.15) is 0 Å². The number of aryl methyl sites for hydroxylation is 1. The maximum atomic E-state index is 12.5. The monoisotopic (exact) mass is 332 g/mol. The van der Waals surface area contributed by atoms with E-state index >= 15 is 0 Å². The molecule has 1 aromatic carbocycles. The van der Waals surface area contributed by atoms with Gasteiger partial charge >= 0.3 is 6.03 Å². The summed E-state index contributed by atoms with van der Waals surface area (Å²) >= 11 is 1.67. The first-order valence-electron chi connectivity index (χ1n) is 7.90. The summed E-state index contributed by atoms with van der Waals surface area (Å²) in [4.78, 5) is 15.3. The Kier molecular flexibility index (Phi) is 6.62. The van der Waals surface area contributed by atoms with Gasteiger partial charge in [0.05, 0.1) is 12.6 Å². The SMILES string of the molecule is CCN(CCO)C(=O)NC(Cc1ccccc1)c1sccc1C. The number of nitrogens with zero attached hydrogens (tertiary/aromatic N) is 1. The Balaban J connectivity index is 2.17. The Hall–Kier alpha value is -1.85. The van der Waals surface area contributed by atoms with Crippen LogP contribution < -0.4 is 5.32 Å². The highest BCUT2D eigenvalue weighted by atomic mass is 32.1. The third kappa shape index (κ3) is 4.81. The van der Waals surface area contributed by atoms with Gasteiger partial charge in [-0.3, -0.25) is 0 Å². The van der Waals surface area contributed by atoms with E-state index in [2.05, 4.69) is 35.8 Å². The lowest BCUT2D eigenvalue weighted by molar-refractivity contribution is 0.177. The maximum absolute atomic E-state index is 12.5. The summed E-state index contributed by atoms with van der Waals surface area (Å²) in [6, 6.07) is 12.1. The van der Waals surface area contributed by atoms with Gasteiger partial charge in [0.25, 0.3) is 0 Å². The van der Waals surface area contributed by atoms with Crippen molar-refractivity contribution in [3.05, 3.63) is 57.8 Å². The fourth-order valence-corrected chi connectivity index (χ4v) is 3.54. The van der Waals surface area contributed by atoms with Crippen molar-refractivity contribution in [2.75, 3.05) is 19.7 Å². The zero-order chi connectivity index (χ0) is 16.7. The molecule has 23 heavy (non-hydrogen) atoms. The van der Waals surface area contributed by atoms with Gasteiger partial charge in [-0.05, 0) is 42.8 Å². The molecular weight excluding hydrogens is 308 g/mol. The van der Waals surface area contributed by atoms with Crippen molar-refractivity contribution >= 4 is 17.4 Å². The van der Waals surface area contributed by atoms with Crippen molar-refractivity contribution in [3.8, 4) is 0 Å². The van der Waals surface area contributed by atoms with Crippen LogP contribution in [-0.4, -0.2) is 35.7 Å². The number of hydrogen-bond donors (Lipinski definition) is 2. The molecule has 0 aliphatic rings. The molecule has 1 aromatic heterocycles. The second-order valence-corrected chi connectivity index (χ2v) is 6.41. The summed E-state index contributed by atoms with van der Waals surface area (Å²) in [7, 11) is 0. The van der Waals surface area contributed by atoms with Crippen LogP contribution in [0.25, 0.3) is 0 Å². The van der Waals surface area contributed by atoms with Crippen LogP contribution in [0.2, 0.25) is 0 Å². The Labute approximate surface area is 141 Å². The molecule has 0 saturated carbocycles. The maximum Gasteiger partial charge on any atom is 0.317 e. The minimum atomic E-state index is -0.129. The van der Waals surface area contributed by atoms with Gasteiger partial charge in [0.15, 0.2) is 0 Å². The highest BCUT2D eigenvalue weighted by molar-refractivity contribution is 7.10. The molecule has 4 nitrogen and oxygen atoms in total. The Morgan fingerprint density at radius 2 is 2.04 bits per heavy atom. The molecule has 2 aromatic rings. The van der Waals surface area contributed by atoms with E-state index in [0.717, 1.165) is 6.42 Å². The first-order chi connectivity index (χ1) is 11.2. The third-order valence-corrected chi connectivity index (χ3v) is 4.97. The lowest BCUT2D eigenvalue weighted by Gasteiger charge is -2.25. The first-order valence-corrected chi connectivity index (χ1v) is 8.77. The van der Waals surface area contributed by atoms with E-state index < -0.39 is 0 Å². The summed E-state index contributed by atoms with van der Waals surface area (Å²) in [6.07, 6.45) is 0.755. The average Bonchev–Trinajstić information content (AvgIpc) is 2.99. The number of benzene rings is 1. The van der Waals surface area contributed by atoms with Crippen molar-refractivity contribution in [1.29, 1.82) is 0 Å². The van der Waals surface area contributed by atoms with Gasteiger partial charge in [-0.1, -0.05) is 30.3 Å². The zero-order valence-corrected chi connectivity index (χ0v) is 14.5. The molecule has 2 amide bonds. The molecule has 0 fully saturated rings. The number of likely N-dealkylation sites (N-methyl/N-ethyl adjacent to an activating group) is 1. The highest BCUT2D eigenvalue weighted by Gasteiger charge is 2.21. The van der Waals surface area contributed by atoms with Crippen LogP contribution >= 0.6 is 11.3 Å². The summed E-state index contributed by atoms with van der Waals surface area (Å²) in [5.74, 6) is 0. The molecule has 124 valence electrons. The smallest absolute Gasteiger partial charge is 0.317 e. The van der Waals surface area contributed by atoms with E-state index in [-0.39, 0.29) is 18.7 Å². The molecule has 0 radical (unpaired) electrons. The fraction of sp³-hybridized carbons (Fsp3) is 0.389. The van der Waals surface area contributed by atoms with Crippen molar-refractivity contribution < 1.29 is 9.90 Å². The zero-order valence-electron chi connectivity index (χ0n) is 13.7. The molecule has 0 bridgehead atoms. The lowest BCUT2D eigenvalue weighted by atomic mass is 10.0. The molecule has 1 unspecified atom stereocenters. The third-order valence-electron chi connectivity index (χ3n) is 3.84. The average molecular weight is 332 g/mol. The van der Waals surface area contributed by atoms with Crippen LogP contribution in [0.4, 0.5) is 4.79 Å². The van der Waals surface area contributed by atoms with Crippen LogP contribution in [0.5, 0.6) is 0 Å². The Morgan fingerprint density at radius 1 is 1.30 bits per heavy atom. The summed E-state index contributed by atoms with van der Waals surface area (Å²) < 4.78 is 0. The number of urea groups is 1. The van der Waals surface area contributed by atoms with Crippen LogP contribution in [0.3, 0.4) is 0 Å². The van der Waals surface area contributed by atoms with E-state index in [9.17, 15) is 4.79 Å². The fourth-order valence-electron chi connectivity index (χ4n) is 2.56. The largest absolute Gasteiger partial charge is 0.395 e. The van der Waals surface area contributed by atoms with Crippen molar-refractivity contribution in [3.63, 3.8) is 0 Å². The van der Waals surface area contributed by atoms with Crippen LogP contribution in [0.15, 0.2) is 41.8 Å². The minimum absolute atomic E-state index is 0.0252. The predicted molar refractivity (Wildman–Crippen MR) is 94.8 cm³/mol. The van der Waals surface area contributed by atoms with Crippen LogP contribution in [-0.2, 0) is 6.42 Å². The van der Waals surface area contributed by atoms with Gasteiger partial charge in [-0.25, -0.2) is 4.79 Å². The first kappa shape index (κ1) is 17.5. The van der Waals surface area contributed by atoms with E-state index in [1.807, 2.05) is 25.1 Å². The molecule has 0 aliphatic carbocycles. The quantitative estimate of drug-likeness (QED) is 0.817. The van der Waals surface area contributed by atoms with Crippen molar-refractivity contribution in [1.82, 2.24) is 10.2 Å². The molecule has 0 spiro atoms. The van der Waals surface area contributed by atoms with E-state index in [4.69, 9.17) is 5.11 Å². The number of hydrogen-bond acceptors (Lipinski definition) is 3. The molecule has 1 atom stereocenters. The van der Waals surface area contributed by atoms with Gasteiger partial charge in [0, 0.05) is 18.0 Å². The number of aliphatic hydroxyl groups excluding tert-OH is 1. The van der Waals surface area contributed by atoms with Crippen molar-refractivity contribution in [2.45, 2.75) is 26.3 Å². The standard InChI is InChI=1S/C18H24N2O2S/c1-3-20(10-11-21)18(22)19-16(17-14(2)9-12-23-17)13-15-7-5-4-6-8-15/h4-9,12,16,21H,3,10-11,13H2,1-2H3,(H,19,22). The number of amides is 2. The summed E-state index contributed by atoms with van der Waals surface area (Å²) in [6.45, 7) is 4.89. The van der Waals surface area contributed by atoms with Crippen molar-refractivity contribution in [2.24, 2.45) is 0 Å². The number of nitrogens with one attached hydrogen (secondary N) is 1. The Bertz CT molecular complexity index is 612. The summed E-state index contributed by atoms with van der Waals surface area (Å²) in [5, 5.41) is 14.3. The van der Waals surface area contributed by atoms with Gasteiger partial charge in [-0.15, -0.1) is 11.3 Å². The van der Waals surface area contributed by atoms with E-state index in [1.165, 1.54) is 16.0 Å². The molecule has 1 heterocycles. The number of rotatable bonds is 7. The molecule has 0 aliphatic heterocycles. The second-order valence-electron chi connectivity index (χ2n) is 5.46. The van der Waals surface area contributed by atoms with E-state index in [0.29, 0.717) is 13.1 Å². The molecular formula is C18H24N2O2S. The van der Waals surface area contributed by atoms with Crippen LogP contribution in [0.1, 0.15) is 29.0 Å². The predicted octanol–water partition coefficient (Wildman–Crippen LogP) is 3.36. The van der Waals surface area contributed by atoms with E-state index in [1.54, 1.807) is 16.2 Å². The molecule has 2 N–H and O–H groups in total. The van der Waals surface area contributed by atoms with Crippen LogP contribution in [0, 0.1) is 6.92 Å². The highest BCUT2D eigenvalue weighted by Crippen LogP contribution is 2.27. The van der Waals surface area contributed by atoms with Gasteiger partial charge in [0.1, 0.15) is 0 Å². The second kappa shape index (κ2) is 8.70. The number of carbonyl (C=O) groups excluding carboxylic acids is 1. The Morgan fingerprint density at radius 3 is 2.61 bits per heavy atom.